The zero-order valence-electron chi connectivity index (χ0n) is 9.88. The molecule has 3 nitrogen and oxygen atoms in total. The first-order valence-corrected chi connectivity index (χ1v) is 5.89. The van der Waals surface area contributed by atoms with Crippen LogP contribution in [0.3, 0.4) is 0 Å². The van der Waals surface area contributed by atoms with E-state index in [1.165, 1.54) is 17.8 Å². The first kappa shape index (κ1) is 11.0. The van der Waals surface area contributed by atoms with E-state index in [0.717, 1.165) is 19.0 Å². The summed E-state index contributed by atoms with van der Waals surface area (Å²) in [6, 6.07) is 16.7. The molecule has 3 rings (SSSR count). The molecule has 1 saturated heterocycles. The summed E-state index contributed by atoms with van der Waals surface area (Å²) in [4.78, 5) is 2.21. The Kier molecular flexibility index (Phi) is 2.86. The van der Waals surface area contributed by atoms with Crippen molar-refractivity contribution < 1.29 is 4.39 Å². The van der Waals surface area contributed by atoms with Crippen LogP contribution in [-0.2, 0) is 0 Å². The monoisotopic (exact) mass is 243 g/mol. The van der Waals surface area contributed by atoms with Crippen molar-refractivity contribution >= 4 is 11.4 Å². The number of nitrogens with zero attached hydrogens (tertiary/aromatic N) is 2. The summed E-state index contributed by atoms with van der Waals surface area (Å²) < 4.78 is 12.9. The fraction of sp³-hybridized carbons (Fsp3) is 0.143. The summed E-state index contributed by atoms with van der Waals surface area (Å²) in [5, 5.41) is 2.01. The summed E-state index contributed by atoms with van der Waals surface area (Å²) in [6.07, 6.45) is 0. The molecule has 1 aliphatic heterocycles. The second-order valence-electron chi connectivity index (χ2n) is 4.24. The van der Waals surface area contributed by atoms with Gasteiger partial charge < -0.3 is 4.90 Å². The standard InChI is InChI=1S/C14H14FN3/c15-12-6-8-14(9-7-12)18-11-17(10-16-18)13-4-2-1-3-5-13/h1-9,16H,10-11H2. The van der Waals surface area contributed by atoms with Gasteiger partial charge in [-0.15, -0.1) is 0 Å². The topological polar surface area (TPSA) is 18.5 Å². The largest absolute Gasteiger partial charge is 0.338 e. The summed E-state index contributed by atoms with van der Waals surface area (Å²) in [5.41, 5.74) is 5.42. The second kappa shape index (κ2) is 4.66. The lowest BCUT2D eigenvalue weighted by Gasteiger charge is -2.19. The van der Waals surface area contributed by atoms with Crippen LogP contribution >= 0.6 is 0 Å². The maximum absolute atomic E-state index is 12.9. The van der Waals surface area contributed by atoms with Crippen LogP contribution in [0.1, 0.15) is 0 Å². The third-order valence-corrected chi connectivity index (χ3v) is 3.02. The van der Waals surface area contributed by atoms with Gasteiger partial charge in [0, 0.05) is 5.69 Å². The predicted octanol–water partition coefficient (Wildman–Crippen LogP) is 2.57. The van der Waals surface area contributed by atoms with Gasteiger partial charge in [0.05, 0.1) is 12.4 Å². The first-order valence-electron chi connectivity index (χ1n) is 5.89. The van der Waals surface area contributed by atoms with E-state index in [1.807, 2.05) is 23.2 Å². The van der Waals surface area contributed by atoms with E-state index in [-0.39, 0.29) is 5.82 Å². The van der Waals surface area contributed by atoms with E-state index < -0.39 is 0 Å². The Balaban J connectivity index is 1.74. The Hall–Kier alpha value is -2.07. The number of para-hydroxylation sites is 1. The highest BCUT2D eigenvalue weighted by Gasteiger charge is 2.19. The molecule has 0 amide bonds. The van der Waals surface area contributed by atoms with Crippen molar-refractivity contribution in [1.82, 2.24) is 5.43 Å². The van der Waals surface area contributed by atoms with Crippen LogP contribution < -0.4 is 15.3 Å². The Morgan fingerprint density at radius 3 is 2.33 bits per heavy atom. The van der Waals surface area contributed by atoms with Crippen molar-refractivity contribution in [3.8, 4) is 0 Å². The van der Waals surface area contributed by atoms with Crippen LogP contribution in [0.5, 0.6) is 0 Å². The van der Waals surface area contributed by atoms with Gasteiger partial charge in [-0.05, 0) is 36.4 Å². The van der Waals surface area contributed by atoms with E-state index in [1.54, 1.807) is 12.1 Å². The molecular formula is C14H14FN3. The van der Waals surface area contributed by atoms with Crippen LogP contribution in [0.2, 0.25) is 0 Å². The van der Waals surface area contributed by atoms with Gasteiger partial charge in [0.2, 0.25) is 0 Å². The normalized spacial score (nSPS) is 15.2. The number of rotatable bonds is 2. The fourth-order valence-corrected chi connectivity index (χ4v) is 2.05. The molecule has 1 fully saturated rings. The third kappa shape index (κ3) is 2.15. The lowest BCUT2D eigenvalue weighted by atomic mass is 10.3. The number of anilines is 2. The zero-order chi connectivity index (χ0) is 12.4. The quantitative estimate of drug-likeness (QED) is 0.874. The number of halogens is 1. The molecule has 0 radical (unpaired) electrons. The molecule has 0 saturated carbocycles. The van der Waals surface area contributed by atoms with Gasteiger partial charge in [0.15, 0.2) is 0 Å². The minimum absolute atomic E-state index is 0.210. The van der Waals surface area contributed by atoms with Crippen molar-refractivity contribution in [3.05, 3.63) is 60.4 Å². The van der Waals surface area contributed by atoms with Gasteiger partial charge in [-0.3, -0.25) is 5.01 Å². The van der Waals surface area contributed by atoms with E-state index in [0.29, 0.717) is 0 Å². The highest BCUT2D eigenvalue weighted by Crippen LogP contribution is 2.20. The molecule has 0 unspecified atom stereocenters. The van der Waals surface area contributed by atoms with Gasteiger partial charge in [-0.2, -0.15) is 0 Å². The highest BCUT2D eigenvalue weighted by atomic mass is 19.1. The molecule has 1 N–H and O–H groups in total. The van der Waals surface area contributed by atoms with Gasteiger partial charge in [0.1, 0.15) is 12.5 Å². The van der Waals surface area contributed by atoms with Crippen molar-refractivity contribution in [3.63, 3.8) is 0 Å². The number of hydrogen-bond acceptors (Lipinski definition) is 3. The summed E-state index contributed by atoms with van der Waals surface area (Å²) >= 11 is 0. The first-order chi connectivity index (χ1) is 8.83. The maximum atomic E-state index is 12.9. The molecule has 0 aromatic heterocycles. The lowest BCUT2D eigenvalue weighted by Crippen LogP contribution is -2.30. The molecule has 1 heterocycles. The van der Waals surface area contributed by atoms with Crippen LogP contribution in [0, 0.1) is 5.82 Å². The summed E-state index contributed by atoms with van der Waals surface area (Å²) in [7, 11) is 0. The molecule has 0 aliphatic carbocycles. The van der Waals surface area contributed by atoms with Crippen LogP contribution in [-0.4, -0.2) is 13.3 Å². The molecule has 18 heavy (non-hydrogen) atoms. The van der Waals surface area contributed by atoms with Crippen LogP contribution in [0.15, 0.2) is 54.6 Å². The molecule has 2 aromatic rings. The Morgan fingerprint density at radius 2 is 1.61 bits per heavy atom. The smallest absolute Gasteiger partial charge is 0.123 e. The maximum Gasteiger partial charge on any atom is 0.123 e. The number of hydrazine groups is 1. The van der Waals surface area contributed by atoms with E-state index in [9.17, 15) is 4.39 Å². The van der Waals surface area contributed by atoms with Crippen LogP contribution in [0.4, 0.5) is 15.8 Å². The predicted molar refractivity (Wildman–Crippen MR) is 70.7 cm³/mol. The van der Waals surface area contributed by atoms with Gasteiger partial charge in [0.25, 0.3) is 0 Å². The summed E-state index contributed by atoms with van der Waals surface area (Å²) in [6.45, 7) is 1.50. The third-order valence-electron chi connectivity index (χ3n) is 3.02. The van der Waals surface area contributed by atoms with Crippen molar-refractivity contribution in [2.75, 3.05) is 23.2 Å². The SMILES string of the molecule is Fc1ccc(N2CN(c3ccccc3)CN2)cc1. The Bertz CT molecular complexity index is 512. The average Bonchev–Trinajstić information content (AvgIpc) is 2.90. The second-order valence-corrected chi connectivity index (χ2v) is 4.24. The number of hydrogen-bond donors (Lipinski definition) is 1. The minimum Gasteiger partial charge on any atom is -0.338 e. The average molecular weight is 243 g/mol. The lowest BCUT2D eigenvalue weighted by molar-refractivity contribution is 0.627. The van der Waals surface area contributed by atoms with Gasteiger partial charge >= 0.3 is 0 Å². The fourth-order valence-electron chi connectivity index (χ4n) is 2.05. The molecule has 2 aromatic carbocycles. The van der Waals surface area contributed by atoms with Crippen LogP contribution in [0.25, 0.3) is 0 Å². The molecule has 4 heteroatoms. The van der Waals surface area contributed by atoms with Gasteiger partial charge in [-0.25, -0.2) is 9.82 Å². The number of nitrogens with one attached hydrogen (secondary N) is 1. The molecule has 1 aliphatic rings. The molecule has 0 spiro atoms. The molecule has 0 atom stereocenters. The summed E-state index contributed by atoms with van der Waals surface area (Å²) in [5.74, 6) is -0.210. The highest BCUT2D eigenvalue weighted by molar-refractivity contribution is 5.52. The number of benzene rings is 2. The van der Waals surface area contributed by atoms with E-state index in [4.69, 9.17) is 0 Å². The molecule has 92 valence electrons. The Labute approximate surface area is 105 Å². The van der Waals surface area contributed by atoms with E-state index >= 15 is 0 Å². The van der Waals surface area contributed by atoms with Gasteiger partial charge in [-0.1, -0.05) is 18.2 Å². The minimum atomic E-state index is -0.210. The van der Waals surface area contributed by atoms with Crippen molar-refractivity contribution in [1.29, 1.82) is 0 Å². The van der Waals surface area contributed by atoms with E-state index in [2.05, 4.69) is 22.5 Å². The molecule has 0 bridgehead atoms. The van der Waals surface area contributed by atoms with Crippen molar-refractivity contribution in [2.24, 2.45) is 0 Å². The zero-order valence-corrected chi connectivity index (χ0v) is 9.88. The molecular weight excluding hydrogens is 229 g/mol. The Morgan fingerprint density at radius 1 is 0.889 bits per heavy atom. The van der Waals surface area contributed by atoms with Crippen molar-refractivity contribution in [2.45, 2.75) is 0 Å².